The number of ether oxygens (including phenoxy) is 2. The number of aromatic nitrogens is 2. The number of likely N-dealkylation sites (N-methyl/N-ethyl adjacent to an activating group) is 1. The highest BCUT2D eigenvalue weighted by Gasteiger charge is 2.42. The summed E-state index contributed by atoms with van der Waals surface area (Å²) in [6.07, 6.45) is 5.49. The molecule has 1 aromatic heterocycles. The lowest BCUT2D eigenvalue weighted by molar-refractivity contribution is -0.156. The summed E-state index contributed by atoms with van der Waals surface area (Å²) in [5.74, 6) is 2.07. The van der Waals surface area contributed by atoms with Gasteiger partial charge in [0.15, 0.2) is 6.23 Å². The Labute approximate surface area is 187 Å². The first-order chi connectivity index (χ1) is 15.1. The third-order valence-electron chi connectivity index (χ3n) is 6.73. The summed E-state index contributed by atoms with van der Waals surface area (Å²) in [5, 5.41) is 0.493. The molecule has 0 radical (unpaired) electrons. The van der Waals surface area contributed by atoms with Crippen molar-refractivity contribution in [3.8, 4) is 5.75 Å². The molecule has 1 saturated carbocycles. The minimum Gasteiger partial charge on any atom is -0.470 e. The van der Waals surface area contributed by atoms with E-state index in [1.807, 2.05) is 37.4 Å². The van der Waals surface area contributed by atoms with Gasteiger partial charge in [-0.1, -0.05) is 29.8 Å². The second kappa shape index (κ2) is 8.63. The molecule has 2 fully saturated rings. The van der Waals surface area contributed by atoms with Gasteiger partial charge in [-0.05, 0) is 43.7 Å². The number of nitrogens with zero attached hydrogens (tertiary/aromatic N) is 4. The molecule has 3 heterocycles. The number of carbonyl (C=O) groups excluding carboxylic acids is 1. The number of anilines is 1. The second-order valence-corrected chi connectivity index (χ2v) is 8.94. The molecule has 2 aromatic rings. The maximum absolute atomic E-state index is 12.6. The first kappa shape index (κ1) is 20.5. The Morgan fingerprint density at radius 1 is 1.13 bits per heavy atom. The monoisotopic (exact) mass is 442 g/mol. The van der Waals surface area contributed by atoms with Crippen LogP contribution in [0.5, 0.6) is 5.75 Å². The van der Waals surface area contributed by atoms with E-state index in [4.69, 9.17) is 21.1 Å². The van der Waals surface area contributed by atoms with Crippen LogP contribution in [0.3, 0.4) is 0 Å². The Kier molecular flexibility index (Phi) is 5.71. The van der Waals surface area contributed by atoms with E-state index in [1.165, 1.54) is 6.33 Å². The fourth-order valence-corrected chi connectivity index (χ4v) is 5.29. The van der Waals surface area contributed by atoms with Gasteiger partial charge >= 0.3 is 0 Å². The normalized spacial score (nSPS) is 28.5. The van der Waals surface area contributed by atoms with Gasteiger partial charge in [0.2, 0.25) is 0 Å². The van der Waals surface area contributed by atoms with Crippen LogP contribution in [0.1, 0.15) is 31.2 Å². The van der Waals surface area contributed by atoms with Crippen LogP contribution in [0.4, 0.5) is 5.82 Å². The third-order valence-corrected chi connectivity index (χ3v) is 7.05. The molecule has 1 aliphatic carbocycles. The van der Waals surface area contributed by atoms with E-state index < -0.39 is 0 Å². The smallest absolute Gasteiger partial charge is 0.251 e. The van der Waals surface area contributed by atoms with Crippen molar-refractivity contribution in [3.05, 3.63) is 47.4 Å². The maximum Gasteiger partial charge on any atom is 0.251 e. The Morgan fingerprint density at radius 2 is 1.90 bits per heavy atom. The van der Waals surface area contributed by atoms with Crippen LogP contribution >= 0.6 is 11.6 Å². The minimum absolute atomic E-state index is 0.117. The molecule has 2 unspecified atom stereocenters. The summed E-state index contributed by atoms with van der Waals surface area (Å²) in [6.45, 7) is 1.29. The Balaban J connectivity index is 1.34. The van der Waals surface area contributed by atoms with E-state index in [0.717, 1.165) is 42.8 Å². The van der Waals surface area contributed by atoms with Crippen LogP contribution in [-0.4, -0.2) is 59.3 Å². The highest BCUT2D eigenvalue weighted by Crippen LogP contribution is 2.41. The van der Waals surface area contributed by atoms with Crippen LogP contribution in [0.25, 0.3) is 0 Å². The molecule has 3 aliphatic rings. The molecule has 2 atom stereocenters. The van der Waals surface area contributed by atoms with E-state index >= 15 is 0 Å². The molecular weight excluding hydrogens is 416 g/mol. The van der Waals surface area contributed by atoms with E-state index in [2.05, 4.69) is 14.9 Å². The number of fused-ring (bicyclic) bond motifs is 1. The zero-order chi connectivity index (χ0) is 21.4. The van der Waals surface area contributed by atoms with Gasteiger partial charge in [-0.25, -0.2) is 9.97 Å². The second-order valence-electron chi connectivity index (χ2n) is 8.58. The Hall–Kier alpha value is -2.38. The van der Waals surface area contributed by atoms with Crippen LogP contribution in [0.2, 0.25) is 5.15 Å². The maximum atomic E-state index is 12.6. The summed E-state index contributed by atoms with van der Waals surface area (Å²) in [4.78, 5) is 25.4. The van der Waals surface area contributed by atoms with E-state index in [-0.39, 0.29) is 30.2 Å². The number of morpholine rings is 1. The molecule has 0 bridgehead atoms. The Morgan fingerprint density at radius 3 is 2.68 bits per heavy atom. The fraction of sp³-hybridized carbons (Fsp3) is 0.522. The Bertz CT molecular complexity index is 936. The SMILES string of the molecule is CN1CCOC(C2CCC(N3c4ncnc(Cl)c4CC3Oc3ccccc3)CC2)C1=O. The minimum atomic E-state index is -0.307. The summed E-state index contributed by atoms with van der Waals surface area (Å²) in [6, 6.07) is 10.1. The van der Waals surface area contributed by atoms with Gasteiger partial charge in [0.1, 0.15) is 29.2 Å². The van der Waals surface area contributed by atoms with Gasteiger partial charge in [-0.15, -0.1) is 0 Å². The van der Waals surface area contributed by atoms with Crippen LogP contribution in [-0.2, 0) is 16.0 Å². The lowest BCUT2D eigenvalue weighted by Gasteiger charge is -2.41. The van der Waals surface area contributed by atoms with Gasteiger partial charge in [0.05, 0.1) is 6.61 Å². The van der Waals surface area contributed by atoms with Crippen molar-refractivity contribution in [3.63, 3.8) is 0 Å². The summed E-state index contributed by atoms with van der Waals surface area (Å²) in [7, 11) is 1.86. The van der Waals surface area contributed by atoms with Gasteiger partial charge in [0, 0.05) is 31.6 Å². The van der Waals surface area contributed by atoms with Gasteiger partial charge in [0.25, 0.3) is 5.91 Å². The van der Waals surface area contributed by atoms with Crippen molar-refractivity contribution in [2.75, 3.05) is 25.1 Å². The average molecular weight is 443 g/mol. The quantitative estimate of drug-likeness (QED) is 0.677. The zero-order valence-electron chi connectivity index (χ0n) is 17.6. The predicted molar refractivity (Wildman–Crippen MR) is 117 cm³/mol. The number of para-hydroxylation sites is 1. The van der Waals surface area contributed by atoms with E-state index in [9.17, 15) is 4.79 Å². The summed E-state index contributed by atoms with van der Waals surface area (Å²) >= 11 is 6.40. The molecule has 1 amide bonds. The van der Waals surface area contributed by atoms with Crippen LogP contribution in [0.15, 0.2) is 36.7 Å². The molecular formula is C23H27ClN4O3. The lowest BCUT2D eigenvalue weighted by atomic mass is 9.81. The standard InChI is InChI=1S/C23H27ClN4O3/c1-27-11-12-30-20(23(27)29)15-7-9-16(10-8-15)28-19(31-17-5-3-2-4-6-17)13-18-21(24)25-14-26-22(18)28/h2-6,14-16,19-20H,7-13H2,1H3. The highest BCUT2D eigenvalue weighted by molar-refractivity contribution is 6.30. The molecule has 8 heteroatoms. The number of rotatable bonds is 4. The molecule has 164 valence electrons. The lowest BCUT2D eigenvalue weighted by Crippen LogP contribution is -2.51. The summed E-state index contributed by atoms with van der Waals surface area (Å²) < 4.78 is 12.2. The number of halogens is 1. The number of carbonyl (C=O) groups is 1. The van der Waals surface area contributed by atoms with Crippen molar-refractivity contribution in [1.82, 2.24) is 14.9 Å². The molecule has 1 saturated heterocycles. The first-order valence-corrected chi connectivity index (χ1v) is 11.4. The van der Waals surface area contributed by atoms with Gasteiger partial charge in [-0.2, -0.15) is 0 Å². The third kappa shape index (κ3) is 3.96. The largest absolute Gasteiger partial charge is 0.470 e. The molecule has 0 spiro atoms. The molecule has 1 aromatic carbocycles. The topological polar surface area (TPSA) is 67.8 Å². The van der Waals surface area contributed by atoms with E-state index in [1.54, 1.807) is 4.90 Å². The predicted octanol–water partition coefficient (Wildman–Crippen LogP) is 3.31. The zero-order valence-corrected chi connectivity index (χ0v) is 18.4. The van der Waals surface area contributed by atoms with Crippen molar-refractivity contribution in [2.45, 2.75) is 50.5 Å². The van der Waals surface area contributed by atoms with Crippen LogP contribution in [0, 0.1) is 5.92 Å². The summed E-state index contributed by atoms with van der Waals surface area (Å²) in [5.41, 5.74) is 0.944. The highest BCUT2D eigenvalue weighted by atomic mass is 35.5. The molecule has 31 heavy (non-hydrogen) atoms. The molecule has 2 aliphatic heterocycles. The first-order valence-electron chi connectivity index (χ1n) is 11.0. The van der Waals surface area contributed by atoms with E-state index in [0.29, 0.717) is 24.7 Å². The molecule has 0 N–H and O–H groups in total. The van der Waals surface area contributed by atoms with Crippen molar-refractivity contribution < 1.29 is 14.3 Å². The number of hydrogen-bond acceptors (Lipinski definition) is 6. The molecule has 7 nitrogen and oxygen atoms in total. The number of benzene rings is 1. The van der Waals surface area contributed by atoms with Crippen molar-refractivity contribution in [2.24, 2.45) is 5.92 Å². The van der Waals surface area contributed by atoms with Crippen molar-refractivity contribution >= 4 is 23.3 Å². The van der Waals surface area contributed by atoms with Gasteiger partial charge < -0.3 is 19.3 Å². The average Bonchev–Trinajstić information content (AvgIpc) is 3.16. The number of amides is 1. The fourth-order valence-electron chi connectivity index (χ4n) is 5.09. The molecule has 5 rings (SSSR count). The van der Waals surface area contributed by atoms with Crippen LogP contribution < -0.4 is 9.64 Å². The number of hydrogen-bond donors (Lipinski definition) is 0. The van der Waals surface area contributed by atoms with Gasteiger partial charge in [-0.3, -0.25) is 4.79 Å². The van der Waals surface area contributed by atoms with Crippen molar-refractivity contribution in [1.29, 1.82) is 0 Å².